The zero-order chi connectivity index (χ0) is 12.1. The molecule has 0 radical (unpaired) electrons. The van der Waals surface area contributed by atoms with Crippen molar-refractivity contribution < 1.29 is 18.0 Å². The second-order valence-corrected chi connectivity index (χ2v) is 4.07. The van der Waals surface area contributed by atoms with Gasteiger partial charge >= 0.3 is 0 Å². The fourth-order valence-electron chi connectivity index (χ4n) is 1.28. The van der Waals surface area contributed by atoms with Crippen molar-refractivity contribution in [3.8, 4) is 0 Å². The Bertz CT molecular complexity index is 354. The molecule has 0 aliphatic heterocycles. The minimum atomic E-state index is -2.53. The number of carbonyl (C=O) groups excluding carboxylic acids is 1. The molecule has 1 amide bonds. The molecule has 0 aliphatic carbocycles. The van der Waals surface area contributed by atoms with Crippen LogP contribution in [-0.4, -0.2) is 35.7 Å². The Morgan fingerprint density at radius 1 is 1.62 bits per heavy atom. The summed E-state index contributed by atoms with van der Waals surface area (Å²) in [5.41, 5.74) is 0.305. The molecule has 0 aliphatic rings. The molecule has 0 saturated heterocycles. The topological polar surface area (TPSA) is 33.5 Å². The third-order valence-corrected chi connectivity index (χ3v) is 2.33. The Morgan fingerprint density at radius 3 is 2.75 bits per heavy atom. The van der Waals surface area contributed by atoms with Gasteiger partial charge in [0.1, 0.15) is 12.0 Å². The molecule has 90 valence electrons. The highest BCUT2D eigenvalue weighted by molar-refractivity contribution is 9.09. The lowest BCUT2D eigenvalue weighted by Crippen LogP contribution is -2.36. The Morgan fingerprint density at radius 2 is 2.31 bits per heavy atom. The van der Waals surface area contributed by atoms with E-state index >= 15 is 0 Å². The fourth-order valence-corrected chi connectivity index (χ4v) is 1.71. The minimum Gasteiger partial charge on any atom is -0.469 e. The van der Waals surface area contributed by atoms with E-state index < -0.39 is 18.9 Å². The molecule has 6 heteroatoms. The molecule has 1 aromatic heterocycles. The molecule has 0 fully saturated rings. The predicted molar refractivity (Wildman–Crippen MR) is 59.1 cm³/mol. The van der Waals surface area contributed by atoms with E-state index in [-0.39, 0.29) is 6.54 Å². The van der Waals surface area contributed by atoms with Crippen LogP contribution in [0.15, 0.2) is 16.7 Å². The van der Waals surface area contributed by atoms with Crippen LogP contribution in [0.25, 0.3) is 0 Å². The van der Waals surface area contributed by atoms with Crippen LogP contribution in [0.4, 0.5) is 8.78 Å². The van der Waals surface area contributed by atoms with Gasteiger partial charge in [0.2, 0.25) is 0 Å². The van der Waals surface area contributed by atoms with Gasteiger partial charge in [-0.3, -0.25) is 4.79 Å². The molecular weight excluding hydrogens is 284 g/mol. The first-order valence-electron chi connectivity index (χ1n) is 4.73. The summed E-state index contributed by atoms with van der Waals surface area (Å²) in [6.07, 6.45) is -1.25. The molecule has 1 aromatic rings. The maximum absolute atomic E-state index is 12.3. The van der Waals surface area contributed by atoms with Gasteiger partial charge in [-0.1, -0.05) is 15.9 Å². The van der Waals surface area contributed by atoms with E-state index in [1.54, 1.807) is 6.92 Å². The van der Waals surface area contributed by atoms with Crippen LogP contribution >= 0.6 is 15.9 Å². The number of rotatable bonds is 5. The lowest BCUT2D eigenvalue weighted by Gasteiger charge is -2.20. The molecule has 0 aromatic carbocycles. The van der Waals surface area contributed by atoms with Crippen LogP contribution in [0.3, 0.4) is 0 Å². The Kier molecular flexibility index (Phi) is 4.92. The lowest BCUT2D eigenvalue weighted by molar-refractivity contribution is 0.0572. The number of carbonyl (C=O) groups is 1. The van der Waals surface area contributed by atoms with E-state index in [2.05, 4.69) is 15.9 Å². The number of hydrogen-bond donors (Lipinski definition) is 0. The van der Waals surface area contributed by atoms with Gasteiger partial charge in [0.15, 0.2) is 0 Å². The van der Waals surface area contributed by atoms with Crippen molar-refractivity contribution in [2.24, 2.45) is 0 Å². The number of furan rings is 1. The first-order chi connectivity index (χ1) is 7.54. The lowest BCUT2D eigenvalue weighted by atomic mass is 10.2. The fraction of sp³-hybridized carbons (Fsp3) is 0.500. The molecular formula is C10H12BrF2NO2. The van der Waals surface area contributed by atoms with E-state index in [0.717, 1.165) is 4.90 Å². The van der Waals surface area contributed by atoms with Gasteiger partial charge in [-0.15, -0.1) is 0 Å². The third kappa shape index (κ3) is 3.59. The molecule has 1 rings (SSSR count). The Labute approximate surface area is 101 Å². The SMILES string of the molecule is Cc1cc(C(=O)N(CCBr)CC(F)F)co1. The first-order valence-corrected chi connectivity index (χ1v) is 5.85. The molecule has 1 heterocycles. The number of amides is 1. The number of aryl methyl sites for hydroxylation is 1. The third-order valence-electron chi connectivity index (χ3n) is 1.98. The maximum atomic E-state index is 12.3. The van der Waals surface area contributed by atoms with E-state index in [1.165, 1.54) is 12.3 Å². The predicted octanol–water partition coefficient (Wildman–Crippen LogP) is 2.69. The van der Waals surface area contributed by atoms with Gasteiger partial charge in [0, 0.05) is 11.9 Å². The summed E-state index contributed by atoms with van der Waals surface area (Å²) in [5.74, 6) is 0.149. The molecule has 16 heavy (non-hydrogen) atoms. The highest BCUT2D eigenvalue weighted by Gasteiger charge is 2.20. The van der Waals surface area contributed by atoms with Crippen molar-refractivity contribution >= 4 is 21.8 Å². The van der Waals surface area contributed by atoms with Crippen molar-refractivity contribution in [2.75, 3.05) is 18.4 Å². The highest BCUT2D eigenvalue weighted by Crippen LogP contribution is 2.11. The molecule has 0 saturated carbocycles. The average Bonchev–Trinajstić information content (AvgIpc) is 2.62. The standard InChI is InChI=1S/C10H12BrF2NO2/c1-7-4-8(6-16-7)10(15)14(3-2-11)5-9(12)13/h4,6,9H,2-3,5H2,1H3. The van der Waals surface area contributed by atoms with Crippen LogP contribution < -0.4 is 0 Å². The van der Waals surface area contributed by atoms with Gasteiger partial charge in [0.05, 0.1) is 12.1 Å². The van der Waals surface area contributed by atoms with Gasteiger partial charge in [-0.2, -0.15) is 0 Å². The van der Waals surface area contributed by atoms with Crippen molar-refractivity contribution in [3.63, 3.8) is 0 Å². The largest absolute Gasteiger partial charge is 0.469 e. The van der Waals surface area contributed by atoms with E-state index in [9.17, 15) is 13.6 Å². The average molecular weight is 296 g/mol. The van der Waals surface area contributed by atoms with Crippen LogP contribution in [0.1, 0.15) is 16.1 Å². The van der Waals surface area contributed by atoms with Gasteiger partial charge in [0.25, 0.3) is 12.3 Å². The van der Waals surface area contributed by atoms with Crippen LogP contribution in [-0.2, 0) is 0 Å². The second-order valence-electron chi connectivity index (χ2n) is 3.28. The van der Waals surface area contributed by atoms with Crippen molar-refractivity contribution in [1.29, 1.82) is 0 Å². The summed E-state index contributed by atoms with van der Waals surface area (Å²) in [6, 6.07) is 1.54. The summed E-state index contributed by atoms with van der Waals surface area (Å²) in [6.45, 7) is 1.38. The summed E-state index contributed by atoms with van der Waals surface area (Å²) in [5, 5.41) is 0.461. The van der Waals surface area contributed by atoms with Crippen molar-refractivity contribution in [1.82, 2.24) is 4.90 Å². The van der Waals surface area contributed by atoms with E-state index in [4.69, 9.17) is 4.42 Å². The number of nitrogens with zero attached hydrogens (tertiary/aromatic N) is 1. The summed E-state index contributed by atoms with van der Waals surface area (Å²) >= 11 is 3.12. The van der Waals surface area contributed by atoms with Crippen LogP contribution in [0.2, 0.25) is 0 Å². The maximum Gasteiger partial charge on any atom is 0.257 e. The number of hydrogen-bond acceptors (Lipinski definition) is 2. The molecule has 0 bridgehead atoms. The van der Waals surface area contributed by atoms with Crippen molar-refractivity contribution in [2.45, 2.75) is 13.3 Å². The monoisotopic (exact) mass is 295 g/mol. The van der Waals surface area contributed by atoms with Gasteiger partial charge < -0.3 is 9.32 Å². The minimum absolute atomic E-state index is 0.243. The summed E-state index contributed by atoms with van der Waals surface area (Å²) in [4.78, 5) is 12.9. The second kappa shape index (κ2) is 5.98. The van der Waals surface area contributed by atoms with E-state index in [0.29, 0.717) is 16.7 Å². The van der Waals surface area contributed by atoms with E-state index in [1.807, 2.05) is 0 Å². The number of halogens is 3. The molecule has 3 nitrogen and oxygen atoms in total. The first kappa shape index (κ1) is 13.2. The normalized spacial score (nSPS) is 10.8. The Hall–Kier alpha value is -0.910. The molecule has 0 N–H and O–H groups in total. The molecule has 0 unspecified atom stereocenters. The Balaban J connectivity index is 2.74. The van der Waals surface area contributed by atoms with Crippen LogP contribution in [0.5, 0.6) is 0 Å². The zero-order valence-electron chi connectivity index (χ0n) is 8.75. The van der Waals surface area contributed by atoms with Crippen molar-refractivity contribution in [3.05, 3.63) is 23.7 Å². The summed E-state index contributed by atoms with van der Waals surface area (Å²) in [7, 11) is 0. The quantitative estimate of drug-likeness (QED) is 0.783. The van der Waals surface area contributed by atoms with Crippen LogP contribution in [0, 0.1) is 6.92 Å². The zero-order valence-corrected chi connectivity index (χ0v) is 10.3. The highest BCUT2D eigenvalue weighted by atomic mass is 79.9. The van der Waals surface area contributed by atoms with Gasteiger partial charge in [-0.05, 0) is 13.0 Å². The summed E-state index contributed by atoms with van der Waals surface area (Å²) < 4.78 is 29.5. The van der Waals surface area contributed by atoms with Gasteiger partial charge in [-0.25, -0.2) is 8.78 Å². The number of alkyl halides is 3. The smallest absolute Gasteiger partial charge is 0.257 e. The molecule has 0 atom stereocenters. The molecule has 0 spiro atoms.